The predicted molar refractivity (Wildman–Crippen MR) is 82.5 cm³/mol. The normalized spacial score (nSPS) is 22.0. The Morgan fingerprint density at radius 1 is 1.24 bits per heavy atom. The second-order valence-corrected chi connectivity index (χ2v) is 5.58. The van der Waals surface area contributed by atoms with E-state index in [0.29, 0.717) is 30.2 Å². The van der Waals surface area contributed by atoms with Gasteiger partial charge in [0.2, 0.25) is 0 Å². The molecular weight excluding hydrogens is 270 g/mol. The van der Waals surface area contributed by atoms with E-state index in [1.165, 1.54) is 0 Å². The Morgan fingerprint density at radius 2 is 1.90 bits per heavy atom. The van der Waals surface area contributed by atoms with Crippen molar-refractivity contribution in [3.8, 4) is 0 Å². The van der Waals surface area contributed by atoms with Gasteiger partial charge in [0.05, 0.1) is 29.8 Å². The van der Waals surface area contributed by atoms with Crippen LogP contribution in [0.5, 0.6) is 0 Å². The van der Waals surface area contributed by atoms with Crippen LogP contribution in [-0.2, 0) is 0 Å². The molecule has 4 N–H and O–H groups in total. The number of hydrogen-bond acceptors (Lipinski definition) is 7. The molecule has 1 fully saturated rings. The minimum absolute atomic E-state index is 0.396. The Kier molecular flexibility index (Phi) is 3.30. The zero-order valence-electron chi connectivity index (χ0n) is 12.1. The molecule has 1 aliphatic heterocycles. The maximum Gasteiger partial charge on any atom is 0.161 e. The maximum absolute atomic E-state index is 9.63. The number of aromatic nitrogens is 2. The highest BCUT2D eigenvalue weighted by molar-refractivity contribution is 5.85. The number of nitrogens with two attached hydrogens (primary N) is 1. The van der Waals surface area contributed by atoms with Crippen LogP contribution >= 0.6 is 0 Å². The van der Waals surface area contributed by atoms with Crippen LogP contribution in [0.25, 0.3) is 11.0 Å². The summed E-state index contributed by atoms with van der Waals surface area (Å²) in [5.41, 5.74) is 8.07. The predicted octanol–water partition coefficient (Wildman–Crippen LogP) is -0.180. The fourth-order valence-electron chi connectivity index (χ4n) is 2.57. The van der Waals surface area contributed by atoms with Crippen molar-refractivity contribution in [1.82, 2.24) is 9.97 Å². The lowest BCUT2D eigenvalue weighted by Gasteiger charge is -2.18. The van der Waals surface area contributed by atoms with Crippen molar-refractivity contribution in [2.24, 2.45) is 0 Å². The highest BCUT2D eigenvalue weighted by Crippen LogP contribution is 2.27. The molecule has 0 bridgehead atoms. The number of aliphatic hydroxyl groups is 2. The molecule has 7 heteroatoms. The van der Waals surface area contributed by atoms with Crippen LogP contribution in [0, 0.1) is 0 Å². The van der Waals surface area contributed by atoms with Crippen molar-refractivity contribution in [2.75, 3.05) is 42.7 Å². The molecular formula is C14H19N5O2. The molecule has 0 saturated carbocycles. The third-order valence-corrected chi connectivity index (χ3v) is 3.71. The summed E-state index contributed by atoms with van der Waals surface area (Å²) in [7, 11) is 3.76. The number of nitrogens with zero attached hydrogens (tertiary/aromatic N) is 4. The lowest BCUT2D eigenvalue weighted by atomic mass is 10.2. The van der Waals surface area contributed by atoms with Gasteiger partial charge in [-0.2, -0.15) is 0 Å². The van der Waals surface area contributed by atoms with E-state index in [9.17, 15) is 10.2 Å². The third-order valence-electron chi connectivity index (χ3n) is 3.71. The number of nitrogen functional groups attached to an aromatic ring is 1. The molecule has 2 aromatic heterocycles. The highest BCUT2D eigenvalue weighted by atomic mass is 16.3. The smallest absolute Gasteiger partial charge is 0.161 e. The molecule has 2 atom stereocenters. The largest absolute Gasteiger partial charge is 0.396 e. The van der Waals surface area contributed by atoms with Crippen molar-refractivity contribution in [3.05, 3.63) is 18.3 Å². The number of pyridine rings is 2. The summed E-state index contributed by atoms with van der Waals surface area (Å²) < 4.78 is 0. The molecule has 1 aliphatic rings. The second-order valence-electron chi connectivity index (χ2n) is 5.58. The number of rotatable bonds is 2. The van der Waals surface area contributed by atoms with E-state index in [0.717, 1.165) is 11.1 Å². The SMILES string of the molecule is CN(C)c1nc2ncc(N3CC(O)C(O)C3)cc2cc1N. The van der Waals surface area contributed by atoms with E-state index in [2.05, 4.69) is 9.97 Å². The second kappa shape index (κ2) is 5.01. The minimum atomic E-state index is -0.722. The van der Waals surface area contributed by atoms with E-state index in [1.807, 2.05) is 36.0 Å². The number of anilines is 3. The summed E-state index contributed by atoms with van der Waals surface area (Å²) in [6.07, 6.45) is 0.260. The van der Waals surface area contributed by atoms with Gasteiger partial charge in [0, 0.05) is 32.6 Å². The lowest BCUT2D eigenvalue weighted by molar-refractivity contribution is 0.0572. The summed E-state index contributed by atoms with van der Waals surface area (Å²) in [5.74, 6) is 0.690. The molecule has 2 aromatic rings. The van der Waals surface area contributed by atoms with Gasteiger partial charge < -0.3 is 25.7 Å². The molecule has 1 saturated heterocycles. The van der Waals surface area contributed by atoms with E-state index in [-0.39, 0.29) is 0 Å². The molecule has 2 unspecified atom stereocenters. The Balaban J connectivity index is 1.99. The summed E-state index contributed by atoms with van der Waals surface area (Å²) >= 11 is 0. The van der Waals surface area contributed by atoms with E-state index in [4.69, 9.17) is 5.73 Å². The quantitative estimate of drug-likeness (QED) is 0.705. The monoisotopic (exact) mass is 289 g/mol. The minimum Gasteiger partial charge on any atom is -0.396 e. The zero-order chi connectivity index (χ0) is 15.1. The number of hydrogen-bond donors (Lipinski definition) is 3. The summed E-state index contributed by atoms with van der Waals surface area (Å²) in [6, 6.07) is 3.77. The van der Waals surface area contributed by atoms with Gasteiger partial charge in [-0.15, -0.1) is 0 Å². The van der Waals surface area contributed by atoms with Crippen molar-refractivity contribution < 1.29 is 10.2 Å². The summed E-state index contributed by atoms with van der Waals surface area (Å²) in [6.45, 7) is 0.792. The van der Waals surface area contributed by atoms with Crippen LogP contribution in [0.4, 0.5) is 17.2 Å². The van der Waals surface area contributed by atoms with Gasteiger partial charge in [-0.05, 0) is 12.1 Å². The fraction of sp³-hybridized carbons (Fsp3) is 0.429. The van der Waals surface area contributed by atoms with Crippen molar-refractivity contribution in [3.63, 3.8) is 0 Å². The Labute approximate surface area is 122 Å². The standard InChI is InChI=1S/C14H19N5O2/c1-18(2)14-10(15)4-8-3-9(5-16-13(8)17-14)19-6-11(20)12(21)7-19/h3-5,11-12,20-21H,6-7,15H2,1-2H3. The first kappa shape index (κ1) is 13.8. The number of β-amino-alcohol motifs (C(OH)–C–C–N with tert-alkyl or cyclic N) is 2. The van der Waals surface area contributed by atoms with Gasteiger partial charge in [-0.3, -0.25) is 0 Å². The summed E-state index contributed by atoms with van der Waals surface area (Å²) in [4.78, 5) is 12.6. The molecule has 0 radical (unpaired) electrons. The fourth-order valence-corrected chi connectivity index (χ4v) is 2.57. The zero-order valence-corrected chi connectivity index (χ0v) is 12.1. The van der Waals surface area contributed by atoms with Gasteiger partial charge >= 0.3 is 0 Å². The lowest BCUT2D eigenvalue weighted by Crippen LogP contribution is -2.22. The van der Waals surface area contributed by atoms with Gasteiger partial charge in [-0.1, -0.05) is 0 Å². The number of aliphatic hydroxyl groups excluding tert-OH is 2. The molecule has 0 aliphatic carbocycles. The van der Waals surface area contributed by atoms with Crippen LogP contribution < -0.4 is 15.5 Å². The highest BCUT2D eigenvalue weighted by Gasteiger charge is 2.29. The average molecular weight is 289 g/mol. The Hall–Kier alpha value is -2.12. The third kappa shape index (κ3) is 2.45. The van der Waals surface area contributed by atoms with Gasteiger partial charge in [0.1, 0.15) is 0 Å². The molecule has 7 nitrogen and oxygen atoms in total. The van der Waals surface area contributed by atoms with Crippen LogP contribution in [0.15, 0.2) is 18.3 Å². The van der Waals surface area contributed by atoms with Crippen LogP contribution in [0.2, 0.25) is 0 Å². The average Bonchev–Trinajstić information content (AvgIpc) is 2.77. The maximum atomic E-state index is 9.63. The van der Waals surface area contributed by atoms with Gasteiger partial charge in [0.15, 0.2) is 11.5 Å². The molecule has 112 valence electrons. The van der Waals surface area contributed by atoms with E-state index >= 15 is 0 Å². The molecule has 0 spiro atoms. The molecule has 3 rings (SSSR count). The topological polar surface area (TPSA) is 98.7 Å². The number of fused-ring (bicyclic) bond motifs is 1. The van der Waals surface area contributed by atoms with Gasteiger partial charge in [0.25, 0.3) is 0 Å². The molecule has 21 heavy (non-hydrogen) atoms. The molecule has 0 amide bonds. The van der Waals surface area contributed by atoms with Crippen LogP contribution in [-0.4, -0.2) is 59.6 Å². The molecule has 0 aromatic carbocycles. The first-order valence-electron chi connectivity index (χ1n) is 6.80. The Bertz CT molecular complexity index is 666. The Morgan fingerprint density at radius 3 is 2.52 bits per heavy atom. The van der Waals surface area contributed by atoms with Crippen molar-refractivity contribution in [1.29, 1.82) is 0 Å². The van der Waals surface area contributed by atoms with Gasteiger partial charge in [-0.25, -0.2) is 9.97 Å². The van der Waals surface area contributed by atoms with Crippen molar-refractivity contribution in [2.45, 2.75) is 12.2 Å². The summed E-state index contributed by atoms with van der Waals surface area (Å²) in [5, 5.41) is 20.1. The first-order chi connectivity index (χ1) is 9.95. The van der Waals surface area contributed by atoms with E-state index in [1.54, 1.807) is 6.20 Å². The van der Waals surface area contributed by atoms with Crippen molar-refractivity contribution >= 4 is 28.2 Å². The first-order valence-corrected chi connectivity index (χ1v) is 6.80. The van der Waals surface area contributed by atoms with Crippen LogP contribution in [0.1, 0.15) is 0 Å². The van der Waals surface area contributed by atoms with Crippen LogP contribution in [0.3, 0.4) is 0 Å². The van der Waals surface area contributed by atoms with E-state index < -0.39 is 12.2 Å². The molecule has 3 heterocycles.